The van der Waals surface area contributed by atoms with Gasteiger partial charge in [-0.15, -0.1) is 0 Å². The van der Waals surface area contributed by atoms with Crippen LogP contribution in [0.1, 0.15) is 41.0 Å². The maximum atomic E-state index is 12.7. The van der Waals surface area contributed by atoms with Crippen molar-refractivity contribution >= 4 is 29.2 Å². The summed E-state index contributed by atoms with van der Waals surface area (Å²) >= 11 is 0. The summed E-state index contributed by atoms with van der Waals surface area (Å²) in [4.78, 5) is 37.0. The number of carbonyl (C=O) groups excluding carboxylic acids is 3. The molecule has 3 N–H and O–H groups in total. The summed E-state index contributed by atoms with van der Waals surface area (Å²) in [6.07, 6.45) is 0.0687. The van der Waals surface area contributed by atoms with Gasteiger partial charge in [0, 0.05) is 6.42 Å². The molecule has 0 spiro atoms. The Balaban J connectivity index is 2.27. The maximum absolute atomic E-state index is 12.7. The number of nitrogens with zero attached hydrogens (tertiary/aromatic N) is 2. The Labute approximate surface area is 165 Å². The van der Waals surface area contributed by atoms with Crippen molar-refractivity contribution in [3.05, 3.63) is 30.3 Å². The van der Waals surface area contributed by atoms with E-state index in [2.05, 4.69) is 10.4 Å². The molecule has 1 aromatic rings. The van der Waals surface area contributed by atoms with Crippen molar-refractivity contribution in [3.8, 4) is 0 Å². The number of carbonyl (C=O) groups is 3. The molecule has 0 aliphatic carbocycles. The Morgan fingerprint density at radius 1 is 1.21 bits per heavy atom. The lowest BCUT2D eigenvalue weighted by atomic mass is 10.0. The number of primary amides is 1. The predicted octanol–water partition coefficient (Wildman–Crippen LogP) is 1.59. The molecule has 0 radical (unpaired) electrons. The number of benzene rings is 1. The highest BCUT2D eigenvalue weighted by Crippen LogP contribution is 2.26. The number of esters is 1. The van der Waals surface area contributed by atoms with Crippen LogP contribution in [0.2, 0.25) is 0 Å². The fourth-order valence-electron chi connectivity index (χ4n) is 2.81. The van der Waals surface area contributed by atoms with Gasteiger partial charge in [-0.05, 0) is 38.8 Å². The van der Waals surface area contributed by atoms with Crippen molar-refractivity contribution in [2.24, 2.45) is 16.8 Å². The normalized spacial score (nSPS) is 17.9. The average molecular weight is 388 g/mol. The number of para-hydroxylation sites is 1. The molecular weight excluding hydrogens is 360 g/mol. The summed E-state index contributed by atoms with van der Waals surface area (Å²) in [5.41, 5.74) is 5.51. The number of ether oxygens (including phenoxy) is 1. The summed E-state index contributed by atoms with van der Waals surface area (Å²) in [7, 11) is 0. The Kier molecular flexibility index (Phi) is 6.43. The van der Waals surface area contributed by atoms with Crippen molar-refractivity contribution in [2.75, 3.05) is 5.01 Å². The fraction of sp³-hybridized carbons (Fsp3) is 0.500. The van der Waals surface area contributed by atoms with Gasteiger partial charge >= 0.3 is 5.97 Å². The van der Waals surface area contributed by atoms with Crippen LogP contribution in [0.15, 0.2) is 35.4 Å². The molecule has 0 bridgehead atoms. The third-order valence-corrected chi connectivity index (χ3v) is 4.13. The zero-order valence-corrected chi connectivity index (χ0v) is 16.9. The average Bonchev–Trinajstić information content (AvgIpc) is 3.04. The number of hydrazone groups is 1. The van der Waals surface area contributed by atoms with Crippen molar-refractivity contribution < 1.29 is 19.1 Å². The van der Waals surface area contributed by atoms with Crippen molar-refractivity contribution in [3.63, 3.8) is 0 Å². The molecule has 8 heteroatoms. The Bertz CT molecular complexity index is 768. The van der Waals surface area contributed by atoms with Gasteiger partial charge in [0.15, 0.2) is 6.04 Å². The second-order valence-corrected chi connectivity index (χ2v) is 8.08. The van der Waals surface area contributed by atoms with Gasteiger partial charge in [0.2, 0.25) is 5.91 Å². The van der Waals surface area contributed by atoms with E-state index < -0.39 is 35.5 Å². The Morgan fingerprint density at radius 2 is 1.82 bits per heavy atom. The minimum absolute atomic E-state index is 0.0687. The molecule has 28 heavy (non-hydrogen) atoms. The highest BCUT2D eigenvalue weighted by atomic mass is 16.6. The molecular formula is C20H28N4O4. The van der Waals surface area contributed by atoms with Crippen LogP contribution in [0.5, 0.6) is 0 Å². The first kappa shape index (κ1) is 21.4. The van der Waals surface area contributed by atoms with Gasteiger partial charge in [0.25, 0.3) is 5.91 Å². The fourth-order valence-corrected chi connectivity index (χ4v) is 2.81. The first-order chi connectivity index (χ1) is 13.0. The van der Waals surface area contributed by atoms with Gasteiger partial charge in [-0.2, -0.15) is 5.10 Å². The molecule has 0 saturated heterocycles. The minimum atomic E-state index is -0.819. The molecule has 8 nitrogen and oxygen atoms in total. The predicted molar refractivity (Wildman–Crippen MR) is 107 cm³/mol. The van der Waals surface area contributed by atoms with Crippen LogP contribution in [0.25, 0.3) is 0 Å². The van der Waals surface area contributed by atoms with E-state index in [-0.39, 0.29) is 18.1 Å². The molecule has 0 saturated carbocycles. The van der Waals surface area contributed by atoms with E-state index in [1.54, 1.807) is 46.8 Å². The first-order valence-electron chi connectivity index (χ1n) is 9.24. The number of hydrogen-bond donors (Lipinski definition) is 2. The van der Waals surface area contributed by atoms with Crippen LogP contribution in [0, 0.1) is 5.92 Å². The van der Waals surface area contributed by atoms with E-state index in [0.717, 1.165) is 0 Å². The molecule has 1 heterocycles. The third kappa shape index (κ3) is 5.31. The number of nitrogens with two attached hydrogens (primary N) is 1. The van der Waals surface area contributed by atoms with E-state index in [9.17, 15) is 14.4 Å². The smallest absolute Gasteiger partial charge is 0.331 e. The molecule has 1 aliphatic heterocycles. The molecule has 1 aliphatic rings. The second-order valence-electron chi connectivity index (χ2n) is 8.08. The lowest BCUT2D eigenvalue weighted by Gasteiger charge is -2.26. The maximum Gasteiger partial charge on any atom is 0.331 e. The summed E-state index contributed by atoms with van der Waals surface area (Å²) in [6.45, 7) is 8.90. The lowest BCUT2D eigenvalue weighted by Crippen LogP contribution is -2.49. The van der Waals surface area contributed by atoms with Crippen molar-refractivity contribution in [2.45, 2.75) is 58.7 Å². The van der Waals surface area contributed by atoms with E-state index in [4.69, 9.17) is 10.5 Å². The standard InChI is InChI=1S/C20H28N4O4/c1-12(2)16(17(21)25)22-18(26)14-11-15(19(27)28-20(3,4)5)24(23-14)13-9-7-6-8-10-13/h6-10,12,15-16H,11H2,1-5H3,(H2,21,25)(H,22,26). The number of anilines is 1. The van der Waals surface area contributed by atoms with E-state index >= 15 is 0 Å². The summed E-state index contributed by atoms with van der Waals surface area (Å²) in [5.74, 6) is -1.79. The van der Waals surface area contributed by atoms with Crippen molar-refractivity contribution in [1.29, 1.82) is 0 Å². The molecule has 2 unspecified atom stereocenters. The van der Waals surface area contributed by atoms with E-state index in [0.29, 0.717) is 5.69 Å². The molecule has 0 aromatic heterocycles. The molecule has 0 fully saturated rings. The van der Waals surface area contributed by atoms with Crippen LogP contribution in [-0.4, -0.2) is 41.2 Å². The zero-order valence-electron chi connectivity index (χ0n) is 16.9. The van der Waals surface area contributed by atoms with Gasteiger partial charge in [-0.1, -0.05) is 32.0 Å². The number of nitrogens with one attached hydrogen (secondary N) is 1. The number of amides is 2. The van der Waals surface area contributed by atoms with Crippen molar-refractivity contribution in [1.82, 2.24) is 5.32 Å². The van der Waals surface area contributed by atoms with Crippen LogP contribution >= 0.6 is 0 Å². The summed E-state index contributed by atoms with van der Waals surface area (Å²) in [5, 5.41) is 8.45. The molecule has 152 valence electrons. The monoisotopic (exact) mass is 388 g/mol. The van der Waals surface area contributed by atoms with E-state index in [1.165, 1.54) is 5.01 Å². The lowest BCUT2D eigenvalue weighted by molar-refractivity contribution is -0.156. The highest BCUT2D eigenvalue weighted by Gasteiger charge is 2.39. The third-order valence-electron chi connectivity index (χ3n) is 4.13. The Hall–Kier alpha value is -2.90. The van der Waals surface area contributed by atoms with Gasteiger partial charge in [0.05, 0.1) is 5.69 Å². The zero-order chi connectivity index (χ0) is 21.1. The SMILES string of the molecule is CC(C)C(NC(=O)C1=NN(c2ccccc2)C(C(=O)OC(C)(C)C)C1)C(N)=O. The van der Waals surface area contributed by atoms with Crippen LogP contribution in [-0.2, 0) is 19.1 Å². The summed E-state index contributed by atoms with van der Waals surface area (Å²) < 4.78 is 5.50. The quantitative estimate of drug-likeness (QED) is 0.718. The molecule has 2 rings (SSSR count). The summed E-state index contributed by atoms with van der Waals surface area (Å²) in [6, 6.07) is 7.48. The van der Waals surface area contributed by atoms with Gasteiger partial charge in [-0.25, -0.2) is 4.79 Å². The Morgan fingerprint density at radius 3 is 2.32 bits per heavy atom. The largest absolute Gasteiger partial charge is 0.458 e. The molecule has 1 aromatic carbocycles. The van der Waals surface area contributed by atoms with E-state index in [1.807, 2.05) is 18.2 Å². The minimum Gasteiger partial charge on any atom is -0.458 e. The topological polar surface area (TPSA) is 114 Å². The number of hydrogen-bond acceptors (Lipinski definition) is 6. The second kappa shape index (κ2) is 8.41. The van der Waals surface area contributed by atoms with Gasteiger partial charge in [0.1, 0.15) is 17.4 Å². The highest BCUT2D eigenvalue weighted by molar-refractivity contribution is 6.40. The molecule has 2 atom stereocenters. The molecule has 2 amide bonds. The van der Waals surface area contributed by atoms with Gasteiger partial charge in [-0.3, -0.25) is 14.6 Å². The van der Waals surface area contributed by atoms with Gasteiger partial charge < -0.3 is 15.8 Å². The van der Waals surface area contributed by atoms with Crippen LogP contribution in [0.3, 0.4) is 0 Å². The van der Waals surface area contributed by atoms with Crippen LogP contribution < -0.4 is 16.1 Å². The van der Waals surface area contributed by atoms with Crippen LogP contribution in [0.4, 0.5) is 5.69 Å². The number of rotatable bonds is 6. The first-order valence-corrected chi connectivity index (χ1v) is 9.24.